The molecule has 0 spiro atoms. The summed E-state index contributed by atoms with van der Waals surface area (Å²) in [6, 6.07) is 5.79. The lowest BCUT2D eigenvalue weighted by Crippen LogP contribution is -2.25. The zero-order valence-corrected chi connectivity index (χ0v) is 15.2. The maximum absolute atomic E-state index is 11.5. The normalized spacial score (nSPS) is 12.4. The van der Waals surface area contributed by atoms with Gasteiger partial charge in [0.1, 0.15) is 6.29 Å². The Balaban J connectivity index is 1.99. The van der Waals surface area contributed by atoms with E-state index in [1.54, 1.807) is 0 Å². The van der Waals surface area contributed by atoms with Crippen molar-refractivity contribution in [3.05, 3.63) is 59.7 Å². The summed E-state index contributed by atoms with van der Waals surface area (Å²) in [5, 5.41) is 2.52. The molecule has 0 fully saturated rings. The van der Waals surface area contributed by atoms with E-state index >= 15 is 0 Å². The van der Waals surface area contributed by atoms with Gasteiger partial charge in [0.15, 0.2) is 0 Å². The molecule has 1 amide bonds. The lowest BCUT2D eigenvalue weighted by Gasteiger charge is -2.06. The van der Waals surface area contributed by atoms with Gasteiger partial charge in [-0.05, 0) is 31.3 Å². The minimum Gasteiger partial charge on any atom is -0.349 e. The van der Waals surface area contributed by atoms with Crippen LogP contribution in [0, 0.1) is 11.8 Å². The third-order valence-electron chi connectivity index (χ3n) is 3.46. The molecule has 1 aliphatic rings. The fourth-order valence-corrected chi connectivity index (χ4v) is 3.10. The third kappa shape index (κ3) is 6.58. The average molecular weight is 364 g/mol. The molecule has 132 valence electrons. The van der Waals surface area contributed by atoms with E-state index < -0.39 is 0 Å². The molecule has 0 bridgehead atoms. The summed E-state index contributed by atoms with van der Waals surface area (Å²) in [5.41, 5.74) is 2.69. The fourth-order valence-electron chi connectivity index (χ4n) is 2.16. The second-order valence-electron chi connectivity index (χ2n) is 5.37. The molecule has 1 aromatic carbocycles. The molecule has 0 atom stereocenters. The summed E-state index contributed by atoms with van der Waals surface area (Å²) < 4.78 is 0. The molecule has 0 saturated heterocycles. The molecule has 4 nitrogen and oxygen atoms in total. The van der Waals surface area contributed by atoms with E-state index in [0.29, 0.717) is 18.5 Å². The van der Waals surface area contributed by atoms with E-state index in [2.05, 4.69) is 34.9 Å². The molecular weight excluding hydrogens is 344 g/mol. The number of carbonyl (C=O) groups excluding carboxylic acids is 2. The molecule has 26 heavy (non-hydrogen) atoms. The summed E-state index contributed by atoms with van der Waals surface area (Å²) in [4.78, 5) is 26.8. The highest BCUT2D eigenvalue weighted by Crippen LogP contribution is 2.30. The molecule has 0 saturated carbocycles. The van der Waals surface area contributed by atoms with Crippen LogP contribution in [0.4, 0.5) is 5.69 Å². The Labute approximate surface area is 158 Å². The van der Waals surface area contributed by atoms with Gasteiger partial charge in [0.2, 0.25) is 5.91 Å². The predicted molar refractivity (Wildman–Crippen MR) is 108 cm³/mol. The van der Waals surface area contributed by atoms with Crippen molar-refractivity contribution in [2.75, 3.05) is 12.3 Å². The summed E-state index contributed by atoms with van der Waals surface area (Å²) >= 11 is 1.53. The lowest BCUT2D eigenvalue weighted by atomic mass is 10.1. The van der Waals surface area contributed by atoms with Crippen molar-refractivity contribution >= 4 is 36.4 Å². The largest absolute Gasteiger partial charge is 0.349 e. The van der Waals surface area contributed by atoms with E-state index in [0.717, 1.165) is 28.1 Å². The van der Waals surface area contributed by atoms with Gasteiger partial charge in [0.25, 0.3) is 0 Å². The SMILES string of the molecule is C=Nc1cc(C#CC2=CC=CC=CC2)ccc1SCCC(=O)NCC=O. The summed E-state index contributed by atoms with van der Waals surface area (Å²) in [6.07, 6.45) is 11.9. The van der Waals surface area contributed by atoms with Crippen molar-refractivity contribution in [3.8, 4) is 11.8 Å². The first-order valence-electron chi connectivity index (χ1n) is 8.21. The first-order valence-corrected chi connectivity index (χ1v) is 9.20. The number of rotatable bonds is 7. The number of benzene rings is 1. The molecule has 0 aromatic heterocycles. The summed E-state index contributed by atoms with van der Waals surface area (Å²) in [7, 11) is 0. The van der Waals surface area contributed by atoms with E-state index in [1.165, 1.54) is 11.8 Å². The minimum absolute atomic E-state index is 0.0539. The Hall–Kier alpha value is -2.84. The molecule has 1 N–H and O–H groups in total. The molecule has 1 aliphatic carbocycles. The van der Waals surface area contributed by atoms with Gasteiger partial charge in [-0.1, -0.05) is 42.2 Å². The average Bonchev–Trinajstić information content (AvgIpc) is 2.94. The van der Waals surface area contributed by atoms with Crippen LogP contribution in [-0.2, 0) is 9.59 Å². The number of carbonyl (C=O) groups is 2. The Morgan fingerprint density at radius 2 is 2.19 bits per heavy atom. The highest BCUT2D eigenvalue weighted by molar-refractivity contribution is 7.99. The maximum Gasteiger partial charge on any atom is 0.221 e. The Morgan fingerprint density at radius 1 is 1.31 bits per heavy atom. The number of nitrogens with one attached hydrogen (secondary N) is 1. The van der Waals surface area contributed by atoms with Crippen molar-refractivity contribution in [2.45, 2.75) is 17.7 Å². The Kier molecular flexibility index (Phi) is 8.17. The molecule has 0 radical (unpaired) electrons. The van der Waals surface area contributed by atoms with Crippen molar-refractivity contribution in [2.24, 2.45) is 4.99 Å². The van der Waals surface area contributed by atoms with Gasteiger partial charge in [-0.3, -0.25) is 9.79 Å². The zero-order valence-electron chi connectivity index (χ0n) is 14.4. The third-order valence-corrected chi connectivity index (χ3v) is 4.52. The number of allylic oxidation sites excluding steroid dienone is 6. The van der Waals surface area contributed by atoms with Gasteiger partial charge in [-0.15, -0.1) is 11.8 Å². The quantitative estimate of drug-likeness (QED) is 0.348. The first-order chi connectivity index (χ1) is 12.7. The van der Waals surface area contributed by atoms with Crippen molar-refractivity contribution in [1.29, 1.82) is 0 Å². The van der Waals surface area contributed by atoms with E-state index in [4.69, 9.17) is 0 Å². The van der Waals surface area contributed by atoms with E-state index in [-0.39, 0.29) is 12.5 Å². The van der Waals surface area contributed by atoms with Gasteiger partial charge in [0, 0.05) is 28.2 Å². The number of aldehydes is 1. The monoisotopic (exact) mass is 364 g/mol. The van der Waals surface area contributed by atoms with E-state index in [1.807, 2.05) is 42.5 Å². The molecule has 0 aliphatic heterocycles. The van der Waals surface area contributed by atoms with Gasteiger partial charge in [0.05, 0.1) is 12.2 Å². The predicted octanol–water partition coefficient (Wildman–Crippen LogP) is 3.61. The van der Waals surface area contributed by atoms with Crippen LogP contribution in [0.2, 0.25) is 0 Å². The second-order valence-corrected chi connectivity index (χ2v) is 6.51. The molecule has 2 rings (SSSR count). The fraction of sp³-hybridized carbons (Fsp3) is 0.190. The van der Waals surface area contributed by atoms with Crippen LogP contribution < -0.4 is 5.32 Å². The highest BCUT2D eigenvalue weighted by atomic mass is 32.2. The number of thioether (sulfide) groups is 1. The standard InChI is InChI=1S/C21H20N2O2S/c1-22-19-16-18(9-8-17-6-4-2-3-5-7-17)10-11-20(19)26-15-12-21(25)23-13-14-24/h2-6,10-11,14,16H,1,7,12-13,15H2,(H,23,25). The van der Waals surface area contributed by atoms with E-state index in [9.17, 15) is 9.59 Å². The van der Waals surface area contributed by atoms with Crippen LogP contribution in [0.25, 0.3) is 0 Å². The second kappa shape index (κ2) is 10.9. The van der Waals surface area contributed by atoms with Crippen LogP contribution in [0.5, 0.6) is 0 Å². The topological polar surface area (TPSA) is 58.5 Å². The number of amides is 1. The zero-order chi connectivity index (χ0) is 18.6. The van der Waals surface area contributed by atoms with Gasteiger partial charge in [-0.2, -0.15) is 0 Å². The van der Waals surface area contributed by atoms with Gasteiger partial charge >= 0.3 is 0 Å². The van der Waals surface area contributed by atoms with Gasteiger partial charge < -0.3 is 10.1 Å². The maximum atomic E-state index is 11.5. The Bertz CT molecular complexity index is 826. The van der Waals surface area contributed by atoms with Crippen LogP contribution in [0.15, 0.2) is 64.0 Å². The number of aliphatic imine (C=N–C) groups is 1. The summed E-state index contributed by atoms with van der Waals surface area (Å²) in [5.74, 6) is 6.81. The van der Waals surface area contributed by atoms with Crippen LogP contribution in [0.1, 0.15) is 18.4 Å². The first kappa shape index (κ1) is 19.5. The number of hydrogen-bond donors (Lipinski definition) is 1. The minimum atomic E-state index is -0.139. The molecular formula is C21H20N2O2S. The van der Waals surface area contributed by atoms with Crippen molar-refractivity contribution < 1.29 is 9.59 Å². The van der Waals surface area contributed by atoms with Crippen molar-refractivity contribution in [1.82, 2.24) is 5.32 Å². The summed E-state index contributed by atoms with van der Waals surface area (Å²) in [6.45, 7) is 3.67. The van der Waals surface area contributed by atoms with Crippen LogP contribution >= 0.6 is 11.8 Å². The molecule has 0 unspecified atom stereocenters. The molecule has 1 aromatic rings. The van der Waals surface area contributed by atoms with Gasteiger partial charge in [-0.25, -0.2) is 0 Å². The number of hydrogen-bond acceptors (Lipinski definition) is 4. The Morgan fingerprint density at radius 3 is 3.00 bits per heavy atom. The number of nitrogens with zero attached hydrogens (tertiary/aromatic N) is 1. The lowest BCUT2D eigenvalue weighted by molar-refractivity contribution is -0.122. The highest BCUT2D eigenvalue weighted by Gasteiger charge is 2.05. The molecule has 5 heteroatoms. The molecule has 0 heterocycles. The smallest absolute Gasteiger partial charge is 0.221 e. The van der Waals surface area contributed by atoms with Crippen LogP contribution in [-0.4, -0.2) is 31.2 Å². The van der Waals surface area contributed by atoms with Crippen LogP contribution in [0.3, 0.4) is 0 Å². The van der Waals surface area contributed by atoms with Crippen molar-refractivity contribution in [3.63, 3.8) is 0 Å².